The third-order valence-electron chi connectivity index (χ3n) is 5.39. The number of nitrogens with zero attached hydrogens (tertiary/aromatic N) is 3. The smallest absolute Gasteiger partial charge is 0.265 e. The molecule has 0 N–H and O–H groups in total. The van der Waals surface area contributed by atoms with Crippen LogP contribution in [0.25, 0.3) is 0 Å². The van der Waals surface area contributed by atoms with E-state index >= 15 is 0 Å². The normalized spacial score (nSPS) is 22.3. The first kappa shape index (κ1) is 15.8. The van der Waals surface area contributed by atoms with Crippen LogP contribution in [0.5, 0.6) is 0 Å². The maximum atomic E-state index is 12.7. The van der Waals surface area contributed by atoms with E-state index < -0.39 is 0 Å². The van der Waals surface area contributed by atoms with Crippen molar-refractivity contribution >= 4 is 17.4 Å². The minimum absolute atomic E-state index is 0.154. The molecule has 1 saturated heterocycles. The number of amides is 1. The molecule has 0 bridgehead atoms. The number of carbonyl (C=O) groups is 1. The van der Waals surface area contributed by atoms with Crippen LogP contribution in [-0.2, 0) is 6.54 Å². The molecular weight excluding hydrogens is 318 g/mol. The predicted octanol–water partition coefficient (Wildman–Crippen LogP) is 3.27. The lowest BCUT2D eigenvalue weighted by molar-refractivity contribution is 0.0135. The average Bonchev–Trinajstić information content (AvgIpc) is 3.09. The molecule has 4 nitrogen and oxygen atoms in total. The number of rotatable bonds is 4. The van der Waals surface area contributed by atoms with Gasteiger partial charge in [0, 0.05) is 38.4 Å². The SMILES string of the molecule is O=C(c1ccns1)N1CCN(Cc2ccccc2)C(C2CCC2)C1. The number of aromatic nitrogens is 1. The first-order valence-electron chi connectivity index (χ1n) is 8.79. The Labute approximate surface area is 147 Å². The summed E-state index contributed by atoms with van der Waals surface area (Å²) >= 11 is 1.30. The van der Waals surface area contributed by atoms with Crippen LogP contribution in [-0.4, -0.2) is 45.8 Å². The first-order valence-corrected chi connectivity index (χ1v) is 9.56. The van der Waals surface area contributed by atoms with E-state index in [-0.39, 0.29) is 5.91 Å². The van der Waals surface area contributed by atoms with Crippen LogP contribution in [0.2, 0.25) is 0 Å². The van der Waals surface area contributed by atoms with Crippen molar-refractivity contribution in [3.63, 3.8) is 0 Å². The molecule has 1 amide bonds. The Morgan fingerprint density at radius 1 is 1.17 bits per heavy atom. The van der Waals surface area contributed by atoms with Crippen molar-refractivity contribution in [3.05, 3.63) is 53.0 Å². The fourth-order valence-electron chi connectivity index (χ4n) is 3.80. The average molecular weight is 341 g/mol. The van der Waals surface area contributed by atoms with Gasteiger partial charge in [0.25, 0.3) is 5.91 Å². The Hall–Kier alpha value is -1.72. The van der Waals surface area contributed by atoms with Gasteiger partial charge >= 0.3 is 0 Å². The summed E-state index contributed by atoms with van der Waals surface area (Å²) in [6.07, 6.45) is 5.66. The Morgan fingerprint density at radius 2 is 2.00 bits per heavy atom. The van der Waals surface area contributed by atoms with E-state index in [4.69, 9.17) is 0 Å². The molecule has 2 aromatic rings. The Kier molecular flexibility index (Phi) is 4.63. The molecule has 2 heterocycles. The molecular formula is C19H23N3OS. The van der Waals surface area contributed by atoms with Crippen molar-refractivity contribution in [1.82, 2.24) is 14.2 Å². The second-order valence-electron chi connectivity index (χ2n) is 6.84. The molecule has 1 aromatic heterocycles. The van der Waals surface area contributed by atoms with Crippen LogP contribution in [0.4, 0.5) is 0 Å². The summed E-state index contributed by atoms with van der Waals surface area (Å²) in [4.78, 5) is 18.1. The molecule has 1 atom stereocenters. The summed E-state index contributed by atoms with van der Waals surface area (Å²) < 4.78 is 4.07. The fraction of sp³-hybridized carbons (Fsp3) is 0.474. The first-order chi connectivity index (χ1) is 11.8. The quantitative estimate of drug-likeness (QED) is 0.856. The summed E-state index contributed by atoms with van der Waals surface area (Å²) in [6, 6.07) is 13.0. The molecule has 2 fully saturated rings. The molecule has 4 rings (SSSR count). The van der Waals surface area contributed by atoms with E-state index in [0.29, 0.717) is 6.04 Å². The van der Waals surface area contributed by atoms with Crippen molar-refractivity contribution in [3.8, 4) is 0 Å². The summed E-state index contributed by atoms with van der Waals surface area (Å²) in [6.45, 7) is 3.62. The van der Waals surface area contributed by atoms with Crippen molar-refractivity contribution in [2.45, 2.75) is 31.8 Å². The highest BCUT2D eigenvalue weighted by Gasteiger charge is 2.37. The Morgan fingerprint density at radius 3 is 2.67 bits per heavy atom. The zero-order valence-corrected chi connectivity index (χ0v) is 14.6. The van der Waals surface area contributed by atoms with Crippen molar-refractivity contribution < 1.29 is 4.79 Å². The van der Waals surface area contributed by atoms with Gasteiger partial charge in [-0.1, -0.05) is 36.8 Å². The highest BCUT2D eigenvalue weighted by molar-refractivity contribution is 7.08. The van der Waals surface area contributed by atoms with Gasteiger partial charge in [-0.3, -0.25) is 9.69 Å². The number of piperazine rings is 1. The van der Waals surface area contributed by atoms with Gasteiger partial charge in [-0.2, -0.15) is 0 Å². The van der Waals surface area contributed by atoms with Crippen LogP contribution >= 0.6 is 11.5 Å². The Bertz CT molecular complexity index is 669. The molecule has 0 radical (unpaired) electrons. The van der Waals surface area contributed by atoms with E-state index in [9.17, 15) is 4.79 Å². The highest BCUT2D eigenvalue weighted by Crippen LogP contribution is 2.35. The lowest BCUT2D eigenvalue weighted by Crippen LogP contribution is -2.57. The van der Waals surface area contributed by atoms with Gasteiger partial charge in [-0.25, -0.2) is 4.37 Å². The summed E-state index contributed by atoms with van der Waals surface area (Å²) in [5.74, 6) is 0.895. The number of carbonyl (C=O) groups excluding carboxylic acids is 1. The molecule has 1 aliphatic carbocycles. The zero-order chi connectivity index (χ0) is 16.4. The maximum Gasteiger partial charge on any atom is 0.265 e. The highest BCUT2D eigenvalue weighted by atomic mass is 32.1. The Balaban J connectivity index is 1.47. The van der Waals surface area contributed by atoms with Crippen LogP contribution < -0.4 is 0 Å². The monoisotopic (exact) mass is 341 g/mol. The van der Waals surface area contributed by atoms with Crippen LogP contribution in [0.1, 0.15) is 34.5 Å². The molecule has 126 valence electrons. The second kappa shape index (κ2) is 7.03. The summed E-state index contributed by atoms with van der Waals surface area (Å²) in [5, 5.41) is 0. The molecule has 5 heteroatoms. The van der Waals surface area contributed by atoms with Gasteiger partial charge in [0.15, 0.2) is 0 Å². The maximum absolute atomic E-state index is 12.7. The third kappa shape index (κ3) is 3.23. The molecule has 2 aliphatic rings. The molecule has 1 aromatic carbocycles. The van der Waals surface area contributed by atoms with E-state index in [1.165, 1.54) is 36.4 Å². The molecule has 1 aliphatic heterocycles. The van der Waals surface area contributed by atoms with Crippen molar-refractivity contribution in [2.75, 3.05) is 19.6 Å². The number of benzene rings is 1. The van der Waals surface area contributed by atoms with Gasteiger partial charge < -0.3 is 4.90 Å². The van der Waals surface area contributed by atoms with Crippen molar-refractivity contribution in [1.29, 1.82) is 0 Å². The van der Waals surface area contributed by atoms with E-state index in [0.717, 1.165) is 37.0 Å². The van der Waals surface area contributed by atoms with Gasteiger partial charge in [0.2, 0.25) is 0 Å². The summed E-state index contributed by atoms with van der Waals surface area (Å²) in [5.41, 5.74) is 1.36. The second-order valence-corrected chi connectivity index (χ2v) is 7.68. The lowest BCUT2D eigenvalue weighted by Gasteiger charge is -2.47. The van der Waals surface area contributed by atoms with Crippen molar-refractivity contribution in [2.24, 2.45) is 5.92 Å². The van der Waals surface area contributed by atoms with E-state index in [2.05, 4.69) is 39.6 Å². The molecule has 0 spiro atoms. The molecule has 24 heavy (non-hydrogen) atoms. The number of hydrogen-bond donors (Lipinski definition) is 0. The van der Waals surface area contributed by atoms with Gasteiger partial charge in [0.05, 0.1) is 0 Å². The lowest BCUT2D eigenvalue weighted by atomic mass is 9.78. The minimum atomic E-state index is 0.154. The van der Waals surface area contributed by atoms with Gasteiger partial charge in [0.1, 0.15) is 4.88 Å². The van der Waals surface area contributed by atoms with Gasteiger partial charge in [-0.15, -0.1) is 0 Å². The zero-order valence-electron chi connectivity index (χ0n) is 13.8. The number of hydrogen-bond acceptors (Lipinski definition) is 4. The standard InChI is InChI=1S/C19H23N3OS/c23-19(18-9-10-20-24-18)22-12-11-21(13-15-5-2-1-3-6-15)17(14-22)16-7-4-8-16/h1-3,5-6,9-10,16-17H,4,7-8,11-14H2. The van der Waals surface area contributed by atoms with Crippen LogP contribution in [0, 0.1) is 5.92 Å². The largest absolute Gasteiger partial charge is 0.335 e. The minimum Gasteiger partial charge on any atom is -0.335 e. The summed E-state index contributed by atoms with van der Waals surface area (Å²) in [7, 11) is 0. The topological polar surface area (TPSA) is 36.4 Å². The predicted molar refractivity (Wildman–Crippen MR) is 96.0 cm³/mol. The molecule has 1 saturated carbocycles. The van der Waals surface area contributed by atoms with Gasteiger partial charge in [-0.05, 0) is 41.9 Å². The fourth-order valence-corrected chi connectivity index (χ4v) is 4.36. The van der Waals surface area contributed by atoms with Crippen LogP contribution in [0.3, 0.4) is 0 Å². The molecule has 1 unspecified atom stereocenters. The third-order valence-corrected chi connectivity index (χ3v) is 6.13. The van der Waals surface area contributed by atoms with E-state index in [1.807, 2.05) is 11.0 Å². The van der Waals surface area contributed by atoms with Crippen LogP contribution in [0.15, 0.2) is 42.6 Å². The van der Waals surface area contributed by atoms with E-state index in [1.54, 1.807) is 6.20 Å².